The Morgan fingerprint density at radius 3 is 2.61 bits per heavy atom. The van der Waals surface area contributed by atoms with Crippen LogP contribution in [0.2, 0.25) is 0 Å². The number of hydrogen-bond donors (Lipinski definition) is 1. The molecule has 0 saturated carbocycles. The summed E-state index contributed by atoms with van der Waals surface area (Å²) in [7, 11) is 1.64. The van der Waals surface area contributed by atoms with Crippen molar-refractivity contribution in [3.8, 4) is 17.0 Å². The van der Waals surface area contributed by atoms with Crippen LogP contribution in [0.25, 0.3) is 11.3 Å². The normalized spacial score (nSPS) is 17.9. The van der Waals surface area contributed by atoms with E-state index < -0.39 is 11.7 Å². The largest absolute Gasteiger partial charge is 0.496 e. The van der Waals surface area contributed by atoms with Crippen molar-refractivity contribution >= 4 is 6.09 Å². The highest BCUT2D eigenvalue weighted by Gasteiger charge is 2.32. The third-order valence-corrected chi connectivity index (χ3v) is 5.47. The first-order valence-electron chi connectivity index (χ1n) is 10.7. The Hall–Kier alpha value is -2.67. The fourth-order valence-electron chi connectivity index (χ4n) is 3.91. The van der Waals surface area contributed by atoms with Gasteiger partial charge in [0.1, 0.15) is 17.5 Å². The van der Waals surface area contributed by atoms with Crippen molar-refractivity contribution in [2.75, 3.05) is 20.2 Å². The lowest BCUT2D eigenvalue weighted by atomic mass is 9.90. The Bertz CT molecular complexity index is 939. The molecule has 1 saturated heterocycles. The summed E-state index contributed by atoms with van der Waals surface area (Å²) in [5.41, 5.74) is 3.58. The number of piperidine rings is 1. The van der Waals surface area contributed by atoms with E-state index in [2.05, 4.69) is 10.2 Å². The molecule has 1 aromatic carbocycles. The third-order valence-electron chi connectivity index (χ3n) is 5.47. The number of likely N-dealkylation sites (tertiary alicyclic amines) is 1. The number of aliphatic hydroxyl groups excluding tert-OH is 1. The first kappa shape index (κ1) is 23.0. The number of ether oxygens (including phenoxy) is 2. The maximum Gasteiger partial charge on any atom is 0.410 e. The van der Waals surface area contributed by atoms with Gasteiger partial charge in [-0.25, -0.2) is 4.79 Å². The van der Waals surface area contributed by atoms with Crippen molar-refractivity contribution in [3.63, 3.8) is 0 Å². The summed E-state index contributed by atoms with van der Waals surface area (Å²) in [6.45, 7) is 10.6. The van der Waals surface area contributed by atoms with E-state index in [1.807, 2.05) is 58.9 Å². The van der Waals surface area contributed by atoms with Crippen LogP contribution in [-0.2, 0) is 4.74 Å². The Kier molecular flexibility index (Phi) is 6.84. The number of aliphatic hydroxyl groups is 1. The lowest BCUT2D eigenvalue weighted by Crippen LogP contribution is -2.44. The van der Waals surface area contributed by atoms with Crippen LogP contribution >= 0.6 is 0 Å². The zero-order chi connectivity index (χ0) is 22.8. The van der Waals surface area contributed by atoms with E-state index in [9.17, 15) is 9.90 Å². The number of benzene rings is 1. The SMILES string of the molecule is COc1cc(C)ccc1-c1nnc(C(O)C2CCCN(C(=O)OC(C)(C)C)C2)cc1C. The van der Waals surface area contributed by atoms with Gasteiger partial charge in [-0.05, 0) is 76.8 Å². The van der Waals surface area contributed by atoms with Gasteiger partial charge >= 0.3 is 6.09 Å². The van der Waals surface area contributed by atoms with E-state index in [1.165, 1.54) is 0 Å². The number of aromatic nitrogens is 2. The fraction of sp³-hybridized carbons (Fsp3) is 0.542. The van der Waals surface area contributed by atoms with Gasteiger partial charge in [-0.1, -0.05) is 6.07 Å². The fourth-order valence-corrected chi connectivity index (χ4v) is 3.91. The number of aryl methyl sites for hydroxylation is 2. The Morgan fingerprint density at radius 1 is 1.23 bits per heavy atom. The summed E-state index contributed by atoms with van der Waals surface area (Å²) < 4.78 is 11.0. The molecule has 2 heterocycles. The molecule has 168 valence electrons. The van der Waals surface area contributed by atoms with Crippen molar-refractivity contribution in [2.45, 2.75) is 59.2 Å². The molecule has 1 N–H and O–H groups in total. The zero-order valence-electron chi connectivity index (χ0n) is 19.3. The molecule has 1 aliphatic rings. The maximum absolute atomic E-state index is 12.4. The average molecular weight is 428 g/mol. The molecule has 31 heavy (non-hydrogen) atoms. The number of rotatable bonds is 4. The molecule has 7 heteroatoms. The molecule has 0 bridgehead atoms. The first-order valence-corrected chi connectivity index (χ1v) is 10.7. The van der Waals surface area contributed by atoms with Crippen molar-refractivity contribution in [1.82, 2.24) is 15.1 Å². The number of methoxy groups -OCH3 is 1. The number of nitrogens with zero attached hydrogens (tertiary/aromatic N) is 3. The molecule has 1 amide bonds. The molecule has 0 spiro atoms. The highest BCUT2D eigenvalue weighted by molar-refractivity contribution is 5.70. The summed E-state index contributed by atoms with van der Waals surface area (Å²) in [4.78, 5) is 14.1. The van der Waals surface area contributed by atoms with Crippen molar-refractivity contribution in [2.24, 2.45) is 5.92 Å². The molecule has 3 rings (SSSR count). The number of carbonyl (C=O) groups excluding carboxylic acids is 1. The van der Waals surface area contributed by atoms with Crippen molar-refractivity contribution in [3.05, 3.63) is 41.1 Å². The van der Waals surface area contributed by atoms with Crippen LogP contribution in [0, 0.1) is 19.8 Å². The van der Waals surface area contributed by atoms with E-state index in [1.54, 1.807) is 12.0 Å². The van der Waals surface area contributed by atoms with Crippen LogP contribution in [0.15, 0.2) is 24.3 Å². The zero-order valence-corrected chi connectivity index (χ0v) is 19.3. The standard InChI is InChI=1S/C24H33N3O4/c1-15-9-10-18(20(12-15)30-6)21-16(2)13-19(25-26-21)22(28)17-8-7-11-27(14-17)23(29)31-24(3,4)5/h9-10,12-13,17,22,28H,7-8,11,14H2,1-6H3. The second-order valence-corrected chi connectivity index (χ2v) is 9.28. The maximum atomic E-state index is 12.4. The molecule has 7 nitrogen and oxygen atoms in total. The number of hydrogen-bond acceptors (Lipinski definition) is 6. The minimum Gasteiger partial charge on any atom is -0.496 e. The summed E-state index contributed by atoms with van der Waals surface area (Å²) in [6.07, 6.45) is 0.486. The highest BCUT2D eigenvalue weighted by atomic mass is 16.6. The summed E-state index contributed by atoms with van der Waals surface area (Å²) >= 11 is 0. The summed E-state index contributed by atoms with van der Waals surface area (Å²) in [6, 6.07) is 7.82. The smallest absolute Gasteiger partial charge is 0.410 e. The van der Waals surface area contributed by atoms with Gasteiger partial charge in [0.05, 0.1) is 18.5 Å². The van der Waals surface area contributed by atoms with Gasteiger partial charge < -0.3 is 19.5 Å². The van der Waals surface area contributed by atoms with Crippen LogP contribution in [0.3, 0.4) is 0 Å². The van der Waals surface area contributed by atoms with Crippen LogP contribution in [0.1, 0.15) is 56.5 Å². The van der Waals surface area contributed by atoms with Gasteiger partial charge in [-0.3, -0.25) is 0 Å². The van der Waals surface area contributed by atoms with Crippen molar-refractivity contribution in [1.29, 1.82) is 0 Å². The highest BCUT2D eigenvalue weighted by Crippen LogP contribution is 2.34. The molecular weight excluding hydrogens is 394 g/mol. The predicted octanol–water partition coefficient (Wildman–Crippen LogP) is 4.45. The first-order chi connectivity index (χ1) is 14.6. The van der Waals surface area contributed by atoms with Crippen LogP contribution in [-0.4, -0.2) is 52.1 Å². The van der Waals surface area contributed by atoms with Crippen LogP contribution in [0.4, 0.5) is 4.79 Å². The van der Waals surface area contributed by atoms with E-state index >= 15 is 0 Å². The molecule has 2 atom stereocenters. The lowest BCUT2D eigenvalue weighted by molar-refractivity contribution is 0.00159. The Labute approximate surface area is 184 Å². The van der Waals surface area contributed by atoms with Gasteiger partial charge in [0.15, 0.2) is 0 Å². The van der Waals surface area contributed by atoms with E-state index in [0.717, 1.165) is 41.0 Å². The van der Waals surface area contributed by atoms with E-state index in [0.29, 0.717) is 18.8 Å². The minimum absolute atomic E-state index is 0.116. The Morgan fingerprint density at radius 2 is 1.97 bits per heavy atom. The van der Waals surface area contributed by atoms with Gasteiger partial charge in [-0.15, -0.1) is 5.10 Å². The minimum atomic E-state index is -0.801. The van der Waals surface area contributed by atoms with E-state index in [4.69, 9.17) is 9.47 Å². The summed E-state index contributed by atoms with van der Waals surface area (Å²) in [5.74, 6) is 0.626. The molecule has 2 unspecified atom stereocenters. The van der Waals surface area contributed by atoms with E-state index in [-0.39, 0.29) is 12.0 Å². The number of carbonyl (C=O) groups is 1. The van der Waals surface area contributed by atoms with Crippen LogP contribution < -0.4 is 4.74 Å². The average Bonchev–Trinajstić information content (AvgIpc) is 2.72. The topological polar surface area (TPSA) is 84.8 Å². The van der Waals surface area contributed by atoms with Gasteiger partial charge in [0.2, 0.25) is 0 Å². The number of amides is 1. The molecule has 0 radical (unpaired) electrons. The molecule has 0 aliphatic carbocycles. The predicted molar refractivity (Wildman–Crippen MR) is 119 cm³/mol. The molecular formula is C24H33N3O4. The van der Waals surface area contributed by atoms with Gasteiger partial charge in [-0.2, -0.15) is 5.10 Å². The quantitative estimate of drug-likeness (QED) is 0.776. The molecule has 1 fully saturated rings. The van der Waals surface area contributed by atoms with Gasteiger partial charge in [0.25, 0.3) is 0 Å². The van der Waals surface area contributed by atoms with Crippen LogP contribution in [0.5, 0.6) is 5.75 Å². The molecule has 1 aliphatic heterocycles. The van der Waals surface area contributed by atoms with Crippen molar-refractivity contribution < 1.29 is 19.4 Å². The lowest BCUT2D eigenvalue weighted by Gasteiger charge is -2.35. The second kappa shape index (κ2) is 9.22. The Balaban J connectivity index is 1.77. The molecule has 1 aromatic heterocycles. The molecule has 2 aromatic rings. The van der Waals surface area contributed by atoms with Gasteiger partial charge in [0, 0.05) is 24.6 Å². The second-order valence-electron chi connectivity index (χ2n) is 9.28. The summed E-state index contributed by atoms with van der Waals surface area (Å²) in [5, 5.41) is 19.7. The third kappa shape index (κ3) is 5.53. The monoisotopic (exact) mass is 427 g/mol.